The van der Waals surface area contributed by atoms with Crippen molar-refractivity contribution in [2.24, 2.45) is 29.6 Å². The second-order valence-corrected chi connectivity index (χ2v) is 16.7. The van der Waals surface area contributed by atoms with Gasteiger partial charge in [0, 0.05) is 57.6 Å². The third kappa shape index (κ3) is 7.73. The molecular weight excluding hydrogens is 705 g/mol. The van der Waals surface area contributed by atoms with E-state index in [-0.39, 0.29) is 54.3 Å². The van der Waals surface area contributed by atoms with Gasteiger partial charge in [0.25, 0.3) is 0 Å². The summed E-state index contributed by atoms with van der Waals surface area (Å²) in [6.45, 7) is 18.8. The Morgan fingerprint density at radius 3 is 2.45 bits per heavy atom. The summed E-state index contributed by atoms with van der Waals surface area (Å²) >= 11 is 0. The van der Waals surface area contributed by atoms with Crippen molar-refractivity contribution in [2.45, 2.75) is 119 Å². The van der Waals surface area contributed by atoms with Crippen LogP contribution in [0.4, 0.5) is 0 Å². The van der Waals surface area contributed by atoms with Crippen molar-refractivity contribution in [1.29, 1.82) is 0 Å². The zero-order valence-electron chi connectivity index (χ0n) is 35.0. The van der Waals surface area contributed by atoms with Crippen LogP contribution >= 0.6 is 0 Å². The molecule has 2 aromatic heterocycles. The lowest BCUT2D eigenvalue weighted by molar-refractivity contribution is -0.143. The number of aromatic nitrogens is 2. The first kappa shape index (κ1) is 41.1. The summed E-state index contributed by atoms with van der Waals surface area (Å²) in [5.41, 5.74) is 8.27. The number of aliphatic hydroxyl groups is 1. The smallest absolute Gasteiger partial charge is 0.320 e. The summed E-state index contributed by atoms with van der Waals surface area (Å²) in [7, 11) is 1.34. The number of nitrogens with one attached hydrogen (secondary N) is 4. The standard InChI is InChI=1S/C46H62N4O6/c1-11-23(3)14-13-15-24(4)18-19-56-38(52)17-16-31-26(6)33-20-34-27(7)39(29(9)51)37(48-34)22-32-25(5)30(12-2)36(47-32)21-35-28(8)40-44(50-35)41(43(31)49-33)42(45(40)53)46(54)55-10/h18,20-23,26,30-31,33,42-43,47-50,53H,11-17,19H2,1-10H3/b24-18+,34-20-,36-21-,37-22-/t23-,26+,30-,31+,33?,42-,43?/m1/s1. The van der Waals surface area contributed by atoms with Crippen LogP contribution in [0.5, 0.6) is 0 Å². The highest BCUT2D eigenvalue weighted by atomic mass is 16.5. The van der Waals surface area contributed by atoms with E-state index in [1.54, 1.807) is 6.92 Å². The van der Waals surface area contributed by atoms with Gasteiger partial charge in [-0.15, -0.1) is 0 Å². The maximum absolute atomic E-state index is 13.6. The molecule has 10 nitrogen and oxygen atoms in total. The molecule has 5 N–H and O–H groups in total. The molecule has 56 heavy (non-hydrogen) atoms. The summed E-state index contributed by atoms with van der Waals surface area (Å²) in [5, 5.41) is 22.3. The Labute approximate surface area is 331 Å². The molecule has 302 valence electrons. The van der Waals surface area contributed by atoms with Crippen LogP contribution in [0, 0.1) is 43.4 Å². The zero-order chi connectivity index (χ0) is 40.6. The highest BCUT2D eigenvalue weighted by Crippen LogP contribution is 2.41. The topological polar surface area (TPSA) is 146 Å². The van der Waals surface area contributed by atoms with Crippen molar-refractivity contribution in [1.82, 2.24) is 20.6 Å². The quantitative estimate of drug-likeness (QED) is 0.104. The molecule has 0 aromatic carbocycles. The van der Waals surface area contributed by atoms with Gasteiger partial charge in [-0.3, -0.25) is 14.4 Å². The molecular formula is C46H62N4O6. The largest absolute Gasteiger partial charge is 0.510 e. The highest BCUT2D eigenvalue weighted by molar-refractivity contribution is 5.97. The fourth-order valence-electron chi connectivity index (χ4n) is 9.51. The lowest BCUT2D eigenvalue weighted by atomic mass is 9.79. The van der Waals surface area contributed by atoms with Gasteiger partial charge < -0.3 is 35.2 Å². The minimum absolute atomic E-state index is 0.00498. The van der Waals surface area contributed by atoms with Crippen LogP contribution in [0.1, 0.15) is 121 Å². The van der Waals surface area contributed by atoms with Crippen molar-refractivity contribution in [2.75, 3.05) is 13.7 Å². The predicted octanol–water partition coefficient (Wildman–Crippen LogP) is 5.38. The Bertz CT molecular complexity index is 2250. The number of Topliss-reactive ketones (excluding diaryl/α,β-unsaturated/α-hetero) is 1. The Morgan fingerprint density at radius 2 is 1.77 bits per heavy atom. The second kappa shape index (κ2) is 16.9. The number of aliphatic hydroxyl groups excluding tert-OH is 1. The van der Waals surface area contributed by atoms with Gasteiger partial charge in [0.15, 0.2) is 5.78 Å². The number of fused-ring (bicyclic) bond motifs is 8. The number of carbonyl (C=O) groups is 3. The van der Waals surface area contributed by atoms with Crippen LogP contribution in [-0.2, 0) is 19.1 Å². The minimum Gasteiger partial charge on any atom is -0.510 e. The van der Waals surface area contributed by atoms with E-state index in [9.17, 15) is 19.5 Å². The van der Waals surface area contributed by atoms with E-state index in [0.717, 1.165) is 58.2 Å². The third-order valence-electron chi connectivity index (χ3n) is 13.2. The second-order valence-electron chi connectivity index (χ2n) is 16.7. The molecule has 3 aliphatic heterocycles. The highest BCUT2D eigenvalue weighted by Gasteiger charge is 2.48. The number of allylic oxidation sites excluding steroid dienone is 3. The molecule has 4 aliphatic rings. The van der Waals surface area contributed by atoms with Crippen LogP contribution in [0.2, 0.25) is 0 Å². The van der Waals surface area contributed by atoms with Gasteiger partial charge in [-0.1, -0.05) is 46.1 Å². The molecule has 0 radical (unpaired) electrons. The normalized spacial score (nSPS) is 26.9. The average Bonchev–Trinajstić information content (AvgIpc) is 3.90. The van der Waals surface area contributed by atoms with E-state index in [0.29, 0.717) is 34.0 Å². The number of ketones is 1. The fourth-order valence-corrected chi connectivity index (χ4v) is 9.51. The summed E-state index contributed by atoms with van der Waals surface area (Å²) in [6.07, 6.45) is 14.4. The molecule has 2 aromatic rings. The molecule has 7 atom stereocenters. The Balaban J connectivity index is 1.43. The van der Waals surface area contributed by atoms with Crippen LogP contribution in [-0.4, -0.2) is 58.6 Å². The number of carbonyl (C=O) groups excluding carboxylic acids is 3. The van der Waals surface area contributed by atoms with Gasteiger partial charge in [-0.25, -0.2) is 0 Å². The van der Waals surface area contributed by atoms with E-state index in [1.807, 2.05) is 26.0 Å². The molecule has 0 spiro atoms. The van der Waals surface area contributed by atoms with Crippen molar-refractivity contribution in [3.05, 3.63) is 72.3 Å². The van der Waals surface area contributed by atoms with Gasteiger partial charge in [0.1, 0.15) is 18.3 Å². The van der Waals surface area contributed by atoms with E-state index in [4.69, 9.17) is 9.47 Å². The third-order valence-corrected chi connectivity index (χ3v) is 13.2. The maximum Gasteiger partial charge on any atom is 0.320 e. The molecule has 2 unspecified atom stereocenters. The van der Waals surface area contributed by atoms with Crippen molar-refractivity contribution < 1.29 is 29.0 Å². The lowest BCUT2D eigenvalue weighted by Crippen LogP contribution is -2.39. The van der Waals surface area contributed by atoms with E-state index >= 15 is 0 Å². The fraction of sp³-hybridized carbons (Fsp3) is 0.543. The summed E-state index contributed by atoms with van der Waals surface area (Å²) in [6, 6.07) is -0.600. The van der Waals surface area contributed by atoms with E-state index < -0.39 is 17.9 Å². The number of H-pyrrole nitrogens is 2. The van der Waals surface area contributed by atoms with Crippen LogP contribution < -0.4 is 31.9 Å². The van der Waals surface area contributed by atoms with Crippen LogP contribution in [0.3, 0.4) is 0 Å². The maximum atomic E-state index is 13.6. The average molecular weight is 767 g/mol. The van der Waals surface area contributed by atoms with Gasteiger partial charge >= 0.3 is 11.9 Å². The van der Waals surface area contributed by atoms with Crippen molar-refractivity contribution >= 4 is 47.3 Å². The molecule has 5 heterocycles. The number of hydrogen-bond acceptors (Lipinski definition) is 8. The first-order chi connectivity index (χ1) is 26.7. The van der Waals surface area contributed by atoms with Gasteiger partial charge in [-0.2, -0.15) is 0 Å². The first-order valence-electron chi connectivity index (χ1n) is 20.6. The molecule has 8 bridgehead atoms. The number of rotatable bonds is 13. The number of ether oxygens (including phenoxy) is 2. The molecule has 0 amide bonds. The number of hydrogen-bond donors (Lipinski definition) is 5. The minimum atomic E-state index is -1.01. The summed E-state index contributed by atoms with van der Waals surface area (Å²) in [5.74, 6) is -1.15. The summed E-state index contributed by atoms with van der Waals surface area (Å²) in [4.78, 5) is 47.3. The van der Waals surface area contributed by atoms with Gasteiger partial charge in [0.2, 0.25) is 0 Å². The number of aromatic amines is 2. The molecule has 1 saturated heterocycles. The van der Waals surface area contributed by atoms with Crippen molar-refractivity contribution in [3.63, 3.8) is 0 Å². The SMILES string of the molecule is CC[C@@H](C)CCC/C(C)=C/COC(=O)CC[C@@H]1C2NC(/C=c3\[nH]/c(c(C(C)=O)c3C)=C\C3=C(C)[C@@H](CC)/C(=C/c4[nH]c5c(c4C)=C(O)[C@H](C(=O)OC)C=52)N3)[C@H]1C. The molecule has 1 fully saturated rings. The monoisotopic (exact) mass is 766 g/mol. The van der Waals surface area contributed by atoms with Crippen LogP contribution in [0.15, 0.2) is 28.6 Å². The number of esters is 2. The molecule has 0 saturated carbocycles. The van der Waals surface area contributed by atoms with Crippen molar-refractivity contribution in [3.8, 4) is 0 Å². The zero-order valence-corrected chi connectivity index (χ0v) is 35.0. The Morgan fingerprint density at radius 1 is 1.02 bits per heavy atom. The molecule has 1 aliphatic carbocycles. The molecule has 6 rings (SSSR count). The summed E-state index contributed by atoms with van der Waals surface area (Å²) < 4.78 is 11.0. The van der Waals surface area contributed by atoms with Crippen LogP contribution in [0.25, 0.3) is 29.6 Å². The lowest BCUT2D eigenvalue weighted by Gasteiger charge is -2.26. The van der Waals surface area contributed by atoms with Gasteiger partial charge in [-0.05, 0) is 125 Å². The van der Waals surface area contributed by atoms with E-state index in [1.165, 1.54) is 31.1 Å². The van der Waals surface area contributed by atoms with Gasteiger partial charge in [0.05, 0.1) is 17.8 Å². The van der Waals surface area contributed by atoms with E-state index in [2.05, 4.69) is 74.3 Å². The molecule has 10 heteroatoms. The Hall–Kier alpha value is -4.57. The Kier molecular flexibility index (Phi) is 12.4. The number of methoxy groups -OCH3 is 1. The predicted molar refractivity (Wildman–Crippen MR) is 222 cm³/mol. The first-order valence-corrected chi connectivity index (χ1v) is 20.6.